The number of carbonyl (C=O) groups excluding carboxylic acids is 1. The van der Waals surface area contributed by atoms with E-state index in [1.807, 2.05) is 43.3 Å². The Balaban J connectivity index is 2.16. The Morgan fingerprint density at radius 3 is 1.97 bits per heavy atom. The molecule has 0 aliphatic carbocycles. The third-order valence-corrected chi connectivity index (χ3v) is 12.2. The second-order valence-electron chi connectivity index (χ2n) is 9.52. The molecule has 0 fully saturated rings. The van der Waals surface area contributed by atoms with Gasteiger partial charge in [-0.1, -0.05) is 71.9 Å². The lowest BCUT2D eigenvalue weighted by Gasteiger charge is -2.42. The Labute approximate surface area is 200 Å². The van der Waals surface area contributed by atoms with Gasteiger partial charge in [-0.15, -0.1) is 0 Å². The van der Waals surface area contributed by atoms with E-state index in [9.17, 15) is 4.79 Å². The molecule has 0 amide bonds. The highest BCUT2D eigenvalue weighted by atomic mass is 28.4. The molecular weight excluding hydrogens is 432 g/mol. The van der Waals surface area contributed by atoms with Gasteiger partial charge in [0.2, 0.25) is 8.32 Å². The summed E-state index contributed by atoms with van der Waals surface area (Å²) in [5.41, 5.74) is 2.95. The number of carbonyl (C=O) groups is 1. The standard InChI is InChI=1S/C27H40O5Si/c1-19(2)33(20(3)4,21(5)6)31-17-22(7)32-26-15-24(27(28)29-8)14-25(16-26)30-18-23-12-10-9-11-13-23/h9-16,19-22H,17-18H2,1-8H3. The summed E-state index contributed by atoms with van der Waals surface area (Å²) in [6.07, 6.45) is -0.178. The Kier molecular flexibility index (Phi) is 9.99. The van der Waals surface area contributed by atoms with Gasteiger partial charge in [-0.3, -0.25) is 0 Å². The molecule has 6 heteroatoms. The first-order valence-corrected chi connectivity index (χ1v) is 13.9. The summed E-state index contributed by atoms with van der Waals surface area (Å²) >= 11 is 0. The van der Waals surface area contributed by atoms with Crippen molar-refractivity contribution in [2.24, 2.45) is 0 Å². The van der Waals surface area contributed by atoms with E-state index in [0.29, 0.717) is 46.9 Å². The van der Waals surface area contributed by atoms with Crippen molar-refractivity contribution in [1.82, 2.24) is 0 Å². The summed E-state index contributed by atoms with van der Waals surface area (Å²) in [6, 6.07) is 15.1. The Morgan fingerprint density at radius 1 is 0.848 bits per heavy atom. The van der Waals surface area contributed by atoms with Gasteiger partial charge in [0.25, 0.3) is 0 Å². The number of esters is 1. The molecule has 0 aromatic heterocycles. The Hall–Kier alpha value is -2.31. The van der Waals surface area contributed by atoms with Crippen LogP contribution in [0.25, 0.3) is 0 Å². The molecule has 0 aliphatic rings. The zero-order valence-corrected chi connectivity index (χ0v) is 22.4. The number of benzene rings is 2. The monoisotopic (exact) mass is 472 g/mol. The molecule has 0 aliphatic heterocycles. The second-order valence-corrected chi connectivity index (χ2v) is 15.0. The highest BCUT2D eigenvalue weighted by Gasteiger charge is 2.45. The van der Waals surface area contributed by atoms with Gasteiger partial charge >= 0.3 is 5.97 Å². The summed E-state index contributed by atoms with van der Waals surface area (Å²) in [5.74, 6) is 0.683. The largest absolute Gasteiger partial charge is 0.489 e. The van der Waals surface area contributed by atoms with E-state index >= 15 is 0 Å². The van der Waals surface area contributed by atoms with Crippen molar-refractivity contribution in [3.63, 3.8) is 0 Å². The maximum atomic E-state index is 12.2. The molecule has 0 spiro atoms. The van der Waals surface area contributed by atoms with Crippen LogP contribution < -0.4 is 9.47 Å². The fourth-order valence-electron chi connectivity index (χ4n) is 4.73. The normalized spacial score (nSPS) is 12.8. The van der Waals surface area contributed by atoms with Crippen LogP contribution in [0.4, 0.5) is 0 Å². The van der Waals surface area contributed by atoms with Crippen LogP contribution in [-0.2, 0) is 15.8 Å². The van der Waals surface area contributed by atoms with Crippen LogP contribution in [0.1, 0.15) is 64.4 Å². The maximum Gasteiger partial charge on any atom is 0.338 e. The summed E-state index contributed by atoms with van der Waals surface area (Å²) in [5, 5.41) is 0. The second kappa shape index (κ2) is 12.2. The van der Waals surface area contributed by atoms with Gasteiger partial charge < -0.3 is 18.6 Å². The average molecular weight is 473 g/mol. The topological polar surface area (TPSA) is 54.0 Å². The first kappa shape index (κ1) is 26.9. The highest BCUT2D eigenvalue weighted by Crippen LogP contribution is 2.42. The van der Waals surface area contributed by atoms with Crippen molar-refractivity contribution in [2.75, 3.05) is 13.7 Å². The van der Waals surface area contributed by atoms with Gasteiger partial charge in [0.15, 0.2) is 0 Å². The zero-order valence-electron chi connectivity index (χ0n) is 21.4. The van der Waals surface area contributed by atoms with Crippen LogP contribution in [0.15, 0.2) is 48.5 Å². The number of rotatable bonds is 12. The Bertz CT molecular complexity index is 858. The van der Waals surface area contributed by atoms with Crippen LogP contribution in [0, 0.1) is 0 Å². The summed E-state index contributed by atoms with van der Waals surface area (Å²) in [4.78, 5) is 12.2. The minimum Gasteiger partial charge on any atom is -0.489 e. The van der Waals surface area contributed by atoms with E-state index in [-0.39, 0.29) is 6.10 Å². The van der Waals surface area contributed by atoms with Crippen molar-refractivity contribution in [2.45, 2.75) is 77.8 Å². The molecule has 2 aromatic rings. The lowest BCUT2D eigenvalue weighted by molar-refractivity contribution is 0.0599. The molecule has 182 valence electrons. The van der Waals surface area contributed by atoms with E-state index < -0.39 is 14.3 Å². The molecule has 1 unspecified atom stereocenters. The van der Waals surface area contributed by atoms with Crippen molar-refractivity contribution in [3.8, 4) is 11.5 Å². The van der Waals surface area contributed by atoms with Gasteiger partial charge in [-0.2, -0.15) is 0 Å². The quantitative estimate of drug-likeness (QED) is 0.246. The van der Waals surface area contributed by atoms with E-state index in [2.05, 4.69) is 41.5 Å². The number of hydrogen-bond donors (Lipinski definition) is 0. The maximum absolute atomic E-state index is 12.2. The van der Waals surface area contributed by atoms with Gasteiger partial charge in [-0.25, -0.2) is 4.79 Å². The average Bonchev–Trinajstić information content (AvgIpc) is 2.77. The highest BCUT2D eigenvalue weighted by molar-refractivity contribution is 6.77. The van der Waals surface area contributed by atoms with E-state index in [0.717, 1.165) is 5.56 Å². The predicted molar refractivity (Wildman–Crippen MR) is 136 cm³/mol. The fourth-order valence-corrected chi connectivity index (χ4v) is 10.3. The molecule has 2 aromatic carbocycles. The van der Waals surface area contributed by atoms with E-state index in [1.165, 1.54) is 7.11 Å². The zero-order chi connectivity index (χ0) is 24.6. The lowest BCUT2D eigenvalue weighted by atomic mass is 10.2. The van der Waals surface area contributed by atoms with Crippen LogP contribution in [0.5, 0.6) is 11.5 Å². The molecule has 0 saturated heterocycles. The molecule has 0 heterocycles. The first-order valence-electron chi connectivity index (χ1n) is 11.8. The van der Waals surface area contributed by atoms with Crippen LogP contribution in [0.2, 0.25) is 16.6 Å². The fraction of sp³-hybridized carbons (Fsp3) is 0.519. The summed E-state index contributed by atoms with van der Waals surface area (Å²) in [6.45, 7) is 16.5. The molecule has 1 atom stereocenters. The Morgan fingerprint density at radius 2 is 1.42 bits per heavy atom. The molecule has 0 bridgehead atoms. The molecule has 33 heavy (non-hydrogen) atoms. The van der Waals surface area contributed by atoms with Crippen molar-refractivity contribution in [1.29, 1.82) is 0 Å². The lowest BCUT2D eigenvalue weighted by Crippen LogP contribution is -2.49. The first-order chi connectivity index (χ1) is 15.6. The van der Waals surface area contributed by atoms with E-state index in [1.54, 1.807) is 12.1 Å². The molecular formula is C27H40O5Si. The van der Waals surface area contributed by atoms with Crippen molar-refractivity contribution < 1.29 is 23.4 Å². The third kappa shape index (κ3) is 7.08. The van der Waals surface area contributed by atoms with Crippen molar-refractivity contribution in [3.05, 3.63) is 59.7 Å². The third-order valence-electron chi connectivity index (χ3n) is 6.16. The van der Waals surface area contributed by atoms with Crippen LogP contribution in [-0.4, -0.2) is 34.1 Å². The minimum absolute atomic E-state index is 0.178. The predicted octanol–water partition coefficient (Wildman–Crippen LogP) is 7.01. The van der Waals surface area contributed by atoms with Crippen LogP contribution in [0.3, 0.4) is 0 Å². The number of hydrogen-bond acceptors (Lipinski definition) is 5. The number of ether oxygens (including phenoxy) is 3. The molecule has 0 radical (unpaired) electrons. The summed E-state index contributed by atoms with van der Waals surface area (Å²) in [7, 11) is -0.616. The number of methoxy groups -OCH3 is 1. The summed E-state index contributed by atoms with van der Waals surface area (Å²) < 4.78 is 23.7. The van der Waals surface area contributed by atoms with E-state index in [4.69, 9.17) is 18.6 Å². The van der Waals surface area contributed by atoms with Gasteiger partial charge in [0.05, 0.1) is 19.3 Å². The molecule has 0 N–H and O–H groups in total. The van der Waals surface area contributed by atoms with Gasteiger partial charge in [-0.05, 0) is 41.2 Å². The SMILES string of the molecule is COC(=O)c1cc(OCc2ccccc2)cc(OC(C)CO[Si](C(C)C)(C(C)C)C(C)C)c1. The van der Waals surface area contributed by atoms with Gasteiger partial charge in [0.1, 0.15) is 24.2 Å². The minimum atomic E-state index is -1.98. The van der Waals surface area contributed by atoms with Gasteiger partial charge in [0, 0.05) is 6.07 Å². The smallest absolute Gasteiger partial charge is 0.338 e. The van der Waals surface area contributed by atoms with Crippen LogP contribution >= 0.6 is 0 Å². The molecule has 2 rings (SSSR count). The molecule has 5 nitrogen and oxygen atoms in total. The van der Waals surface area contributed by atoms with Crippen molar-refractivity contribution >= 4 is 14.3 Å². The molecule has 0 saturated carbocycles.